The van der Waals surface area contributed by atoms with E-state index < -0.39 is 23.9 Å². The Labute approximate surface area is 97.4 Å². The second-order valence-electron chi connectivity index (χ2n) is 3.06. The number of nitrogens with two attached hydrogens (primary N) is 1. The van der Waals surface area contributed by atoms with Crippen molar-refractivity contribution in [2.75, 3.05) is 0 Å². The standard InChI is InChI=1S/C9H11NO5.ClH/c10-7(9(14)15)8(13)4-1-2-5(11)6(12)3-4;/h1-3,7-8,11-13H,10H2,(H,14,15);1H. The number of hydrogen-bond acceptors (Lipinski definition) is 5. The van der Waals surface area contributed by atoms with E-state index in [0.717, 1.165) is 12.1 Å². The van der Waals surface area contributed by atoms with Gasteiger partial charge < -0.3 is 26.2 Å². The molecule has 0 saturated heterocycles. The summed E-state index contributed by atoms with van der Waals surface area (Å²) in [5.74, 6) is -2.14. The summed E-state index contributed by atoms with van der Waals surface area (Å²) < 4.78 is 0. The number of phenolic OH excluding ortho intramolecular Hbond substituents is 2. The first-order chi connectivity index (χ1) is 6.93. The number of carbonyl (C=O) groups is 1. The Bertz CT molecular complexity index is 384. The van der Waals surface area contributed by atoms with Gasteiger partial charge in [-0.25, -0.2) is 0 Å². The molecule has 7 heteroatoms. The maximum Gasteiger partial charge on any atom is 0.323 e. The van der Waals surface area contributed by atoms with Crippen LogP contribution in [0.25, 0.3) is 0 Å². The molecule has 6 nitrogen and oxygen atoms in total. The summed E-state index contributed by atoms with van der Waals surface area (Å²) in [6.07, 6.45) is -1.44. The zero-order valence-corrected chi connectivity index (χ0v) is 8.89. The number of aromatic hydroxyl groups is 2. The number of phenols is 2. The van der Waals surface area contributed by atoms with Gasteiger partial charge in [0.05, 0.1) is 0 Å². The molecule has 1 aromatic carbocycles. The molecule has 0 aliphatic rings. The topological polar surface area (TPSA) is 124 Å². The van der Waals surface area contributed by atoms with Crippen molar-refractivity contribution in [3.8, 4) is 11.5 Å². The van der Waals surface area contributed by atoms with Crippen LogP contribution in [-0.2, 0) is 4.79 Å². The molecule has 6 N–H and O–H groups in total. The van der Waals surface area contributed by atoms with Crippen molar-refractivity contribution in [1.29, 1.82) is 0 Å². The van der Waals surface area contributed by atoms with Gasteiger partial charge in [0.15, 0.2) is 11.5 Å². The molecule has 0 bridgehead atoms. The van der Waals surface area contributed by atoms with Gasteiger partial charge in [-0.05, 0) is 17.7 Å². The lowest BCUT2D eigenvalue weighted by Crippen LogP contribution is -2.36. The summed E-state index contributed by atoms with van der Waals surface area (Å²) >= 11 is 0. The molecule has 0 aromatic heterocycles. The van der Waals surface area contributed by atoms with E-state index in [2.05, 4.69) is 0 Å². The lowest BCUT2D eigenvalue weighted by atomic mass is 10.0. The number of carboxylic acids is 1. The van der Waals surface area contributed by atoms with Crippen LogP contribution in [0.15, 0.2) is 18.2 Å². The van der Waals surface area contributed by atoms with Crippen molar-refractivity contribution in [2.45, 2.75) is 12.1 Å². The maximum absolute atomic E-state index is 10.5. The minimum absolute atomic E-state index is 0. The first-order valence-electron chi connectivity index (χ1n) is 4.12. The molecule has 90 valence electrons. The second-order valence-corrected chi connectivity index (χ2v) is 3.06. The van der Waals surface area contributed by atoms with Gasteiger partial charge in [0.25, 0.3) is 0 Å². The quantitative estimate of drug-likeness (QED) is 0.479. The van der Waals surface area contributed by atoms with Crippen molar-refractivity contribution in [3.05, 3.63) is 23.8 Å². The van der Waals surface area contributed by atoms with Gasteiger partial charge in [-0.3, -0.25) is 4.79 Å². The van der Waals surface area contributed by atoms with Crippen LogP contribution < -0.4 is 5.73 Å². The lowest BCUT2D eigenvalue weighted by molar-refractivity contribution is -0.141. The highest BCUT2D eigenvalue weighted by atomic mass is 35.5. The van der Waals surface area contributed by atoms with Gasteiger partial charge in [0.1, 0.15) is 12.1 Å². The number of rotatable bonds is 3. The minimum Gasteiger partial charge on any atom is -0.504 e. The fourth-order valence-electron chi connectivity index (χ4n) is 1.07. The Hall–Kier alpha value is -1.50. The number of hydrogen-bond donors (Lipinski definition) is 5. The van der Waals surface area contributed by atoms with Gasteiger partial charge in [-0.15, -0.1) is 12.4 Å². The Kier molecular flexibility index (Phi) is 5.03. The lowest BCUT2D eigenvalue weighted by Gasteiger charge is -2.15. The molecule has 0 saturated carbocycles. The Balaban J connectivity index is 0.00000225. The molecule has 0 fully saturated rings. The highest BCUT2D eigenvalue weighted by Gasteiger charge is 2.24. The molecule has 0 aliphatic heterocycles. The van der Waals surface area contributed by atoms with E-state index in [0.29, 0.717) is 0 Å². The number of aliphatic carboxylic acids is 1. The van der Waals surface area contributed by atoms with Crippen LogP contribution in [0.3, 0.4) is 0 Å². The number of carboxylic acid groups (broad SMARTS) is 1. The first kappa shape index (κ1) is 14.5. The molecule has 0 spiro atoms. The average Bonchev–Trinajstić information content (AvgIpc) is 2.19. The molecular weight excluding hydrogens is 238 g/mol. The summed E-state index contributed by atoms with van der Waals surface area (Å²) in [5.41, 5.74) is 5.31. The van der Waals surface area contributed by atoms with Crippen molar-refractivity contribution < 1.29 is 25.2 Å². The molecule has 0 aliphatic carbocycles. The maximum atomic E-state index is 10.5. The van der Waals surface area contributed by atoms with E-state index >= 15 is 0 Å². The number of halogens is 1. The van der Waals surface area contributed by atoms with E-state index in [4.69, 9.17) is 21.1 Å². The minimum atomic E-state index is -1.48. The molecule has 1 aromatic rings. The number of benzene rings is 1. The zero-order valence-electron chi connectivity index (χ0n) is 8.07. The highest BCUT2D eigenvalue weighted by molar-refractivity contribution is 5.85. The third kappa shape index (κ3) is 2.99. The van der Waals surface area contributed by atoms with Crippen LogP contribution in [0.4, 0.5) is 0 Å². The molecule has 16 heavy (non-hydrogen) atoms. The summed E-state index contributed by atoms with van der Waals surface area (Å²) in [6, 6.07) is 2.00. The molecule has 2 unspecified atom stereocenters. The highest BCUT2D eigenvalue weighted by Crippen LogP contribution is 2.28. The summed E-state index contributed by atoms with van der Waals surface area (Å²) in [5, 5.41) is 36.1. The van der Waals surface area contributed by atoms with Crippen molar-refractivity contribution in [2.24, 2.45) is 5.73 Å². The Morgan fingerprint density at radius 1 is 1.25 bits per heavy atom. The SMILES string of the molecule is Cl.NC(C(=O)O)C(O)c1ccc(O)c(O)c1. The van der Waals surface area contributed by atoms with E-state index in [1.807, 2.05) is 0 Å². The van der Waals surface area contributed by atoms with Crippen LogP contribution in [0.2, 0.25) is 0 Å². The van der Waals surface area contributed by atoms with E-state index in [1.54, 1.807) is 0 Å². The predicted molar refractivity (Wildman–Crippen MR) is 57.6 cm³/mol. The molecule has 2 atom stereocenters. The van der Waals surface area contributed by atoms with Gasteiger partial charge in [0, 0.05) is 0 Å². The second kappa shape index (κ2) is 5.55. The predicted octanol–water partition coefficient (Wildman–Crippen LogP) is -0.0351. The van der Waals surface area contributed by atoms with Crippen molar-refractivity contribution in [3.63, 3.8) is 0 Å². The van der Waals surface area contributed by atoms with E-state index in [9.17, 15) is 9.90 Å². The van der Waals surface area contributed by atoms with Crippen molar-refractivity contribution >= 4 is 18.4 Å². The summed E-state index contributed by atoms with van der Waals surface area (Å²) in [4.78, 5) is 10.5. The third-order valence-electron chi connectivity index (χ3n) is 1.97. The van der Waals surface area contributed by atoms with Gasteiger partial charge in [-0.2, -0.15) is 0 Å². The van der Waals surface area contributed by atoms with Crippen LogP contribution in [0.1, 0.15) is 11.7 Å². The number of aliphatic hydroxyl groups excluding tert-OH is 1. The van der Waals surface area contributed by atoms with E-state index in [-0.39, 0.29) is 23.7 Å². The molecule has 0 amide bonds. The first-order valence-corrected chi connectivity index (χ1v) is 4.12. The summed E-state index contributed by atoms with van der Waals surface area (Å²) in [7, 11) is 0. The van der Waals surface area contributed by atoms with Crippen LogP contribution >= 0.6 is 12.4 Å². The smallest absolute Gasteiger partial charge is 0.323 e. The van der Waals surface area contributed by atoms with Gasteiger partial charge in [-0.1, -0.05) is 6.07 Å². The fourth-order valence-corrected chi connectivity index (χ4v) is 1.07. The Morgan fingerprint density at radius 3 is 2.25 bits per heavy atom. The van der Waals surface area contributed by atoms with Crippen LogP contribution in [0.5, 0.6) is 11.5 Å². The fraction of sp³-hybridized carbons (Fsp3) is 0.222. The van der Waals surface area contributed by atoms with Gasteiger partial charge >= 0.3 is 5.97 Å². The van der Waals surface area contributed by atoms with Crippen LogP contribution in [-0.4, -0.2) is 32.4 Å². The number of aliphatic hydroxyl groups is 1. The molecule has 0 radical (unpaired) electrons. The Morgan fingerprint density at radius 2 is 1.81 bits per heavy atom. The zero-order chi connectivity index (χ0) is 11.6. The summed E-state index contributed by atoms with van der Waals surface area (Å²) in [6.45, 7) is 0. The van der Waals surface area contributed by atoms with E-state index in [1.165, 1.54) is 6.07 Å². The normalized spacial score (nSPS) is 13.6. The van der Waals surface area contributed by atoms with Gasteiger partial charge in [0.2, 0.25) is 0 Å². The molecular formula is C9H12ClNO5. The average molecular weight is 250 g/mol. The largest absolute Gasteiger partial charge is 0.504 e. The molecule has 0 heterocycles. The molecule has 1 rings (SSSR count). The van der Waals surface area contributed by atoms with Crippen molar-refractivity contribution in [1.82, 2.24) is 0 Å². The monoisotopic (exact) mass is 249 g/mol. The third-order valence-corrected chi connectivity index (χ3v) is 1.97. The van der Waals surface area contributed by atoms with Crippen LogP contribution in [0, 0.1) is 0 Å².